The molecule has 5 N–H and O–H groups in total. The number of nitrogens with zero attached hydrogens (tertiary/aromatic N) is 1. The average molecular weight is 781 g/mol. The lowest BCUT2D eigenvalue weighted by Gasteiger charge is -2.15. The van der Waals surface area contributed by atoms with Crippen LogP contribution in [-0.4, -0.2) is 51.9 Å². The van der Waals surface area contributed by atoms with Crippen LogP contribution in [0, 0.1) is 31.1 Å². The first kappa shape index (κ1) is 41.6. The maximum atomic E-state index is 13.2. The number of benzene rings is 5. The summed E-state index contributed by atoms with van der Waals surface area (Å²) in [4.78, 5) is 76.5. The van der Waals surface area contributed by atoms with Gasteiger partial charge in [0.2, 0.25) is 5.91 Å². The summed E-state index contributed by atoms with van der Waals surface area (Å²) in [6.45, 7) is 4.28. The van der Waals surface area contributed by atoms with Crippen LogP contribution in [0.15, 0.2) is 103 Å². The molecule has 294 valence electrons. The molecule has 0 radical (unpaired) electrons. The van der Waals surface area contributed by atoms with Crippen LogP contribution in [0.2, 0.25) is 0 Å². The van der Waals surface area contributed by atoms with Crippen LogP contribution in [0.1, 0.15) is 77.9 Å². The molecule has 0 aliphatic heterocycles. The van der Waals surface area contributed by atoms with Crippen molar-refractivity contribution < 1.29 is 43.7 Å². The Hall–Kier alpha value is -7.59. The van der Waals surface area contributed by atoms with Crippen molar-refractivity contribution in [3.8, 4) is 23.3 Å². The number of nitriles is 1. The second kappa shape index (κ2) is 18.8. The summed E-state index contributed by atoms with van der Waals surface area (Å²) in [5.74, 6) is -3.60. The van der Waals surface area contributed by atoms with Crippen molar-refractivity contribution in [1.82, 2.24) is 0 Å². The molecule has 0 heterocycles. The Morgan fingerprint density at radius 3 is 1.86 bits per heavy atom. The van der Waals surface area contributed by atoms with E-state index < -0.39 is 23.6 Å². The van der Waals surface area contributed by atoms with E-state index in [0.29, 0.717) is 22.6 Å². The van der Waals surface area contributed by atoms with Gasteiger partial charge < -0.3 is 30.9 Å². The van der Waals surface area contributed by atoms with Crippen LogP contribution in [0.4, 0.5) is 17.1 Å². The van der Waals surface area contributed by atoms with Crippen molar-refractivity contribution in [2.75, 3.05) is 22.6 Å². The first-order valence-corrected chi connectivity index (χ1v) is 18.1. The van der Waals surface area contributed by atoms with Crippen LogP contribution < -0.4 is 20.7 Å². The predicted molar refractivity (Wildman–Crippen MR) is 216 cm³/mol. The van der Waals surface area contributed by atoms with Gasteiger partial charge in [-0.2, -0.15) is 5.26 Å². The van der Waals surface area contributed by atoms with Crippen molar-refractivity contribution >= 4 is 52.1 Å². The van der Waals surface area contributed by atoms with Gasteiger partial charge in [-0.25, -0.2) is 0 Å². The number of carbonyl (C=O) groups excluding carboxylic acids is 6. The second-order valence-electron chi connectivity index (χ2n) is 13.5. The summed E-state index contributed by atoms with van der Waals surface area (Å²) in [5.41, 5.74) is 2.55. The fourth-order valence-electron chi connectivity index (χ4n) is 5.95. The molecule has 0 fully saturated rings. The third kappa shape index (κ3) is 10.4. The SMILES string of the molecule is CC(=O)c1ccc(NC(=O)c2ccc(NC(=O)c3ccc(NC(=O)C(CC#N)CC(=O)c4ccc(CC(=O)COc5ccccc5)cc4)cc3)c(C)c2O)c(C)c1O. The van der Waals surface area contributed by atoms with E-state index in [9.17, 15) is 44.2 Å². The number of amides is 3. The third-order valence-electron chi connectivity index (χ3n) is 9.36. The summed E-state index contributed by atoms with van der Waals surface area (Å²) in [5, 5.41) is 38.6. The van der Waals surface area contributed by atoms with Crippen LogP contribution in [-0.2, 0) is 16.0 Å². The van der Waals surface area contributed by atoms with Gasteiger partial charge in [-0.3, -0.25) is 28.8 Å². The molecule has 0 aliphatic carbocycles. The number of aromatic hydroxyl groups is 2. The van der Waals surface area contributed by atoms with Crippen molar-refractivity contribution in [3.05, 3.63) is 142 Å². The molecule has 0 aromatic heterocycles. The number of para-hydroxylation sites is 1. The Morgan fingerprint density at radius 2 is 1.26 bits per heavy atom. The molecular weight excluding hydrogens is 741 g/mol. The van der Waals surface area contributed by atoms with Crippen LogP contribution >= 0.6 is 0 Å². The molecule has 0 spiro atoms. The fourth-order valence-corrected chi connectivity index (χ4v) is 5.95. The molecular formula is C45H40N4O9. The molecule has 13 heteroatoms. The summed E-state index contributed by atoms with van der Waals surface area (Å²) in [7, 11) is 0. The standard InChI is InChI=1S/C45H40N4O9/c1-26-39(19-17-36(28(3)50)41(26)53)49-45(57)37-18-20-38(27(2)42(37)54)48-43(55)31-13-15-33(16-14-31)47-44(56)32(21-22-46)24-40(52)30-11-9-29(10-12-30)23-34(51)25-58-35-7-5-4-6-8-35/h4-20,32,53-54H,21,23-25H2,1-3H3,(H,47,56)(H,48,55)(H,49,57). The first-order chi connectivity index (χ1) is 27.7. The number of carbonyl (C=O) groups is 6. The summed E-state index contributed by atoms with van der Waals surface area (Å²) in [6, 6.07) is 29.0. The quantitative estimate of drug-likeness (QED) is 0.0628. The largest absolute Gasteiger partial charge is 0.507 e. The molecule has 5 aromatic rings. The van der Waals surface area contributed by atoms with Crippen molar-refractivity contribution in [1.29, 1.82) is 5.26 Å². The van der Waals surface area contributed by atoms with Gasteiger partial charge in [0, 0.05) is 58.6 Å². The molecule has 5 aromatic carbocycles. The zero-order valence-electron chi connectivity index (χ0n) is 31.9. The maximum absolute atomic E-state index is 13.2. The zero-order valence-corrected chi connectivity index (χ0v) is 31.9. The molecule has 0 aliphatic rings. The molecule has 3 amide bonds. The summed E-state index contributed by atoms with van der Waals surface area (Å²) >= 11 is 0. The highest BCUT2D eigenvalue weighted by atomic mass is 16.5. The number of ether oxygens (including phenoxy) is 1. The highest BCUT2D eigenvalue weighted by Gasteiger charge is 2.24. The van der Waals surface area contributed by atoms with E-state index in [1.165, 1.54) is 69.3 Å². The van der Waals surface area contributed by atoms with E-state index in [1.54, 1.807) is 36.4 Å². The number of phenolic OH excluding ortho intramolecular Hbond substituents is 2. The molecule has 1 atom stereocenters. The molecule has 0 bridgehead atoms. The Morgan fingerprint density at radius 1 is 0.690 bits per heavy atom. The number of hydrogen-bond acceptors (Lipinski definition) is 10. The van der Waals surface area contributed by atoms with Gasteiger partial charge in [0.25, 0.3) is 11.8 Å². The topological polar surface area (TPSA) is 212 Å². The van der Waals surface area contributed by atoms with E-state index in [2.05, 4.69) is 16.0 Å². The van der Waals surface area contributed by atoms with Crippen molar-refractivity contribution in [2.24, 2.45) is 5.92 Å². The maximum Gasteiger partial charge on any atom is 0.259 e. The number of phenols is 2. The molecule has 58 heavy (non-hydrogen) atoms. The number of nitrogens with one attached hydrogen (secondary N) is 3. The Bertz CT molecular complexity index is 2420. The summed E-state index contributed by atoms with van der Waals surface area (Å²) in [6.07, 6.45) is -0.323. The van der Waals surface area contributed by atoms with E-state index in [0.717, 1.165) is 0 Å². The second-order valence-corrected chi connectivity index (χ2v) is 13.5. The van der Waals surface area contributed by atoms with Gasteiger partial charge in [-0.05, 0) is 87.0 Å². The van der Waals surface area contributed by atoms with Crippen molar-refractivity contribution in [3.63, 3.8) is 0 Å². The Balaban J connectivity index is 1.15. The molecule has 0 saturated heterocycles. The van der Waals surface area contributed by atoms with Gasteiger partial charge in [0.15, 0.2) is 17.3 Å². The van der Waals surface area contributed by atoms with Gasteiger partial charge in [0.1, 0.15) is 23.9 Å². The van der Waals surface area contributed by atoms with Crippen LogP contribution in [0.3, 0.4) is 0 Å². The van der Waals surface area contributed by atoms with Gasteiger partial charge in [0.05, 0.1) is 23.1 Å². The average Bonchev–Trinajstić information content (AvgIpc) is 3.21. The predicted octanol–water partition coefficient (Wildman–Crippen LogP) is 7.35. The highest BCUT2D eigenvalue weighted by Crippen LogP contribution is 2.33. The van der Waals surface area contributed by atoms with E-state index in [-0.39, 0.29) is 93.9 Å². The number of anilines is 3. The fraction of sp³-hybridized carbons (Fsp3) is 0.178. The minimum absolute atomic E-state index is 0.0891. The number of rotatable bonds is 16. The third-order valence-corrected chi connectivity index (χ3v) is 9.36. The molecule has 1 unspecified atom stereocenters. The molecule has 0 saturated carbocycles. The van der Waals surface area contributed by atoms with Gasteiger partial charge in [-0.15, -0.1) is 0 Å². The summed E-state index contributed by atoms with van der Waals surface area (Å²) < 4.78 is 5.50. The smallest absolute Gasteiger partial charge is 0.259 e. The number of hydrogen-bond donors (Lipinski definition) is 5. The molecule has 13 nitrogen and oxygen atoms in total. The number of Topliss-reactive ketones (excluding diaryl/α,β-unsaturated/α-hetero) is 3. The van der Waals surface area contributed by atoms with Gasteiger partial charge >= 0.3 is 0 Å². The first-order valence-electron chi connectivity index (χ1n) is 18.1. The Kier molecular flexibility index (Phi) is 13.5. The zero-order chi connectivity index (χ0) is 41.9. The van der Waals surface area contributed by atoms with Gasteiger partial charge in [-0.1, -0.05) is 42.5 Å². The van der Waals surface area contributed by atoms with Crippen LogP contribution in [0.5, 0.6) is 17.2 Å². The van der Waals surface area contributed by atoms with Crippen molar-refractivity contribution in [2.45, 2.75) is 40.0 Å². The lowest BCUT2D eigenvalue weighted by molar-refractivity contribution is -0.120. The Labute approximate surface area is 334 Å². The van der Waals surface area contributed by atoms with E-state index >= 15 is 0 Å². The lowest BCUT2D eigenvalue weighted by Crippen LogP contribution is -2.25. The lowest BCUT2D eigenvalue weighted by atomic mass is 9.94. The van der Waals surface area contributed by atoms with E-state index in [4.69, 9.17) is 4.74 Å². The monoisotopic (exact) mass is 780 g/mol. The minimum atomic E-state index is -0.957. The van der Waals surface area contributed by atoms with Crippen LogP contribution in [0.25, 0.3) is 0 Å². The highest BCUT2D eigenvalue weighted by molar-refractivity contribution is 6.09. The van der Waals surface area contributed by atoms with E-state index in [1.807, 2.05) is 24.3 Å². The number of ketones is 3. The minimum Gasteiger partial charge on any atom is -0.507 e. The normalized spacial score (nSPS) is 11.1. The molecule has 5 rings (SSSR count).